The number of hydrogen-bond donors (Lipinski definition) is 0. The van der Waals surface area contributed by atoms with E-state index >= 15 is 0 Å². The molecule has 8 nitrogen and oxygen atoms in total. The minimum absolute atomic E-state index is 0.0819. The highest BCUT2D eigenvalue weighted by Crippen LogP contribution is 2.30. The molecule has 32 heavy (non-hydrogen) atoms. The van der Waals surface area contributed by atoms with E-state index in [1.54, 1.807) is 0 Å². The van der Waals surface area contributed by atoms with Gasteiger partial charge in [0.25, 0.3) is 0 Å². The predicted octanol–water partition coefficient (Wildman–Crippen LogP) is 2.88. The molecule has 0 N–H and O–H groups in total. The maximum absolute atomic E-state index is 14.8. The van der Waals surface area contributed by atoms with E-state index in [9.17, 15) is 36.3 Å². The number of esters is 1. The van der Waals surface area contributed by atoms with Crippen molar-refractivity contribution in [3.05, 3.63) is 24.3 Å². The topological polar surface area (TPSA) is 88.5 Å². The summed E-state index contributed by atoms with van der Waals surface area (Å²) in [5.41, 5.74) is 0.384. The molecular weight excluding hydrogens is 465 g/mol. The minimum Gasteiger partial charge on any atom is -0.466 e. The second-order valence-electron chi connectivity index (χ2n) is 6.81. The number of carbonyl (C=O) groups is 3. The molecule has 2 aliphatic rings. The fraction of sp³-hybridized carbons (Fsp3) is 0.500. The van der Waals surface area contributed by atoms with Gasteiger partial charge in [0.15, 0.2) is 12.6 Å². The summed E-state index contributed by atoms with van der Waals surface area (Å²) in [7, 11) is -0.473. The van der Waals surface area contributed by atoms with Crippen molar-refractivity contribution in [1.29, 1.82) is 0 Å². The number of carbonyl (C=O) groups excluding carboxylic acids is 3. The Morgan fingerprint density at radius 3 is 2.38 bits per heavy atom. The van der Waals surface area contributed by atoms with Gasteiger partial charge in [0.05, 0.1) is 19.4 Å². The van der Waals surface area contributed by atoms with Gasteiger partial charge in [-0.15, -0.1) is 0 Å². The largest absolute Gasteiger partial charge is 0.474 e. The summed E-state index contributed by atoms with van der Waals surface area (Å²) in [6, 6.07) is 5.43. The highest BCUT2D eigenvalue weighted by molar-refractivity contribution is 7.87. The second kappa shape index (κ2) is 9.38. The van der Waals surface area contributed by atoms with Crippen LogP contribution in [0.5, 0.6) is 0 Å². The zero-order chi connectivity index (χ0) is 23.6. The molecule has 2 saturated heterocycles. The maximum Gasteiger partial charge on any atom is 0.474 e. The molecule has 2 heterocycles. The molecule has 2 amide bonds. The van der Waals surface area contributed by atoms with Gasteiger partial charge in [-0.3, -0.25) is 9.69 Å². The third-order valence-corrected chi connectivity index (χ3v) is 6.51. The number of methoxy groups -OCH3 is 1. The van der Waals surface area contributed by atoms with Crippen molar-refractivity contribution >= 4 is 40.0 Å². The molecule has 0 saturated carbocycles. The molecule has 4 unspecified atom stereocenters. The maximum atomic E-state index is 14.8. The van der Waals surface area contributed by atoms with Crippen molar-refractivity contribution in [3.8, 4) is 0 Å². The van der Waals surface area contributed by atoms with E-state index in [2.05, 4.69) is 9.10 Å². The normalized spacial score (nSPS) is 26.6. The highest BCUT2D eigenvalue weighted by Gasteiger charge is 2.40. The number of amides is 2. The lowest BCUT2D eigenvalue weighted by Gasteiger charge is -2.29. The van der Waals surface area contributed by atoms with E-state index in [1.807, 2.05) is 0 Å². The number of hydrogen-bond acceptors (Lipinski definition) is 6. The Kier molecular flexibility index (Phi) is 7.00. The van der Waals surface area contributed by atoms with Gasteiger partial charge in [0.2, 0.25) is 6.10 Å². The van der Waals surface area contributed by atoms with Crippen LogP contribution in [0.4, 0.5) is 38.1 Å². The Bertz CT molecular complexity index is 927. The third kappa shape index (κ3) is 5.16. The van der Waals surface area contributed by atoms with Crippen LogP contribution >= 0.6 is 0 Å². The lowest BCUT2D eigenvalue weighted by molar-refractivity contribution is -0.169. The summed E-state index contributed by atoms with van der Waals surface area (Å²) in [6.45, 7) is -0.108. The van der Waals surface area contributed by atoms with E-state index in [0.717, 1.165) is 16.9 Å². The fourth-order valence-corrected chi connectivity index (χ4v) is 4.79. The molecule has 2 fully saturated rings. The first kappa shape index (κ1) is 23.9. The first-order valence-electron chi connectivity index (χ1n) is 9.24. The van der Waals surface area contributed by atoms with Crippen LogP contribution in [0.25, 0.3) is 0 Å². The van der Waals surface area contributed by atoms with Crippen LogP contribution in [0.2, 0.25) is 0 Å². The van der Waals surface area contributed by atoms with Gasteiger partial charge < -0.3 is 14.4 Å². The summed E-state index contributed by atoms with van der Waals surface area (Å²) >= 11 is 0. The van der Waals surface area contributed by atoms with Gasteiger partial charge in [-0.05, 0) is 24.3 Å². The monoisotopic (exact) mass is 483 g/mol. The quantitative estimate of drug-likeness (QED) is 0.373. The SMILES string of the molecule is COC(=O)C1CN(c2ccc(N3C(F)CCS(=NC(=O)C(F)(F)F)CC3F)cc2)C(=O)O1. The van der Waals surface area contributed by atoms with Gasteiger partial charge in [0, 0.05) is 23.5 Å². The molecule has 0 spiro atoms. The number of benzene rings is 1. The van der Waals surface area contributed by atoms with Crippen molar-refractivity contribution in [2.45, 2.75) is 31.3 Å². The number of cyclic esters (lactones) is 1. The van der Waals surface area contributed by atoms with Crippen molar-refractivity contribution < 1.29 is 45.8 Å². The fourth-order valence-electron chi connectivity index (χ4n) is 3.18. The summed E-state index contributed by atoms with van der Waals surface area (Å²) in [5, 5.41) is 0. The van der Waals surface area contributed by atoms with Gasteiger partial charge in [-0.2, -0.15) is 17.5 Å². The van der Waals surface area contributed by atoms with E-state index in [-0.39, 0.29) is 24.4 Å². The molecule has 4 atom stereocenters. The third-order valence-electron chi connectivity index (χ3n) is 4.72. The molecule has 0 aliphatic carbocycles. The molecule has 0 radical (unpaired) electrons. The smallest absolute Gasteiger partial charge is 0.466 e. The summed E-state index contributed by atoms with van der Waals surface area (Å²) < 4.78 is 79.2. The Morgan fingerprint density at radius 2 is 1.78 bits per heavy atom. The average Bonchev–Trinajstić information content (AvgIpc) is 3.06. The van der Waals surface area contributed by atoms with E-state index in [0.29, 0.717) is 5.69 Å². The second-order valence-corrected chi connectivity index (χ2v) is 8.66. The Labute approximate surface area is 181 Å². The molecule has 1 aromatic carbocycles. The standard InChI is InChI=1S/C18H18F5N3O5S/c1-30-15(27)12-8-25(17(29)31-12)10-2-4-11(5-3-10)26-13(19)6-7-32(9-14(26)20)24-16(28)18(21,22)23/h2-5,12-14H,6-9H2,1H3. The van der Waals surface area contributed by atoms with E-state index < -0.39 is 59.3 Å². The van der Waals surface area contributed by atoms with E-state index in [4.69, 9.17) is 4.74 Å². The molecule has 0 aromatic heterocycles. The Hall–Kier alpha value is -2.77. The Balaban J connectivity index is 1.75. The van der Waals surface area contributed by atoms with Crippen molar-refractivity contribution in [3.63, 3.8) is 0 Å². The molecule has 2 aliphatic heterocycles. The number of ether oxygens (including phenoxy) is 2. The zero-order valence-electron chi connectivity index (χ0n) is 16.6. The minimum atomic E-state index is -5.17. The van der Waals surface area contributed by atoms with Crippen LogP contribution in [0.3, 0.4) is 0 Å². The van der Waals surface area contributed by atoms with Gasteiger partial charge >= 0.3 is 24.1 Å². The first-order valence-corrected chi connectivity index (χ1v) is 10.8. The zero-order valence-corrected chi connectivity index (χ0v) is 17.4. The number of halogens is 5. The lowest BCUT2D eigenvalue weighted by atomic mass is 10.2. The van der Waals surface area contributed by atoms with Crippen molar-refractivity contribution in [2.75, 3.05) is 35.0 Å². The van der Waals surface area contributed by atoms with Crippen LogP contribution in [-0.2, 0) is 29.8 Å². The Morgan fingerprint density at radius 1 is 1.16 bits per heavy atom. The first-order chi connectivity index (χ1) is 15.0. The molecule has 3 rings (SSSR count). The molecule has 176 valence electrons. The van der Waals surface area contributed by atoms with Crippen molar-refractivity contribution in [2.24, 2.45) is 4.36 Å². The predicted molar refractivity (Wildman–Crippen MR) is 104 cm³/mol. The van der Waals surface area contributed by atoms with Crippen LogP contribution < -0.4 is 9.80 Å². The van der Waals surface area contributed by atoms with Crippen LogP contribution in [0.1, 0.15) is 6.42 Å². The number of nitrogens with zero attached hydrogens (tertiary/aromatic N) is 3. The molecule has 0 bridgehead atoms. The molecule has 1 aromatic rings. The highest BCUT2D eigenvalue weighted by atomic mass is 32.2. The molecular formula is C18H18F5N3O5S. The van der Waals surface area contributed by atoms with Crippen molar-refractivity contribution in [1.82, 2.24) is 0 Å². The van der Waals surface area contributed by atoms with Crippen LogP contribution in [0.15, 0.2) is 28.6 Å². The van der Waals surface area contributed by atoms with Gasteiger partial charge in [0.1, 0.15) is 0 Å². The molecule has 14 heteroatoms. The average molecular weight is 483 g/mol. The summed E-state index contributed by atoms with van der Waals surface area (Å²) in [6.07, 6.45) is -11.3. The summed E-state index contributed by atoms with van der Waals surface area (Å²) in [5.74, 6) is -3.81. The van der Waals surface area contributed by atoms with Gasteiger partial charge in [-0.25, -0.2) is 18.4 Å². The van der Waals surface area contributed by atoms with Gasteiger partial charge in [-0.1, -0.05) is 10.7 Å². The number of rotatable bonds is 3. The van der Waals surface area contributed by atoms with Crippen LogP contribution in [0, 0.1) is 0 Å². The van der Waals surface area contributed by atoms with Crippen LogP contribution in [-0.4, -0.2) is 68.0 Å². The lowest BCUT2D eigenvalue weighted by Crippen LogP contribution is -2.39. The number of alkyl halides is 5. The summed E-state index contributed by atoms with van der Waals surface area (Å²) in [4.78, 5) is 36.5. The number of anilines is 2. The van der Waals surface area contributed by atoms with E-state index in [1.165, 1.54) is 24.3 Å².